The van der Waals surface area contributed by atoms with E-state index in [0.29, 0.717) is 11.5 Å². The van der Waals surface area contributed by atoms with Gasteiger partial charge in [0.2, 0.25) is 0 Å². The van der Waals surface area contributed by atoms with Crippen LogP contribution in [0.25, 0.3) is 0 Å². The Kier molecular flexibility index (Phi) is 6.51. The average Bonchev–Trinajstić information content (AvgIpc) is 2.66. The number of likely N-dealkylation sites (N-methyl/N-ethyl adjacent to an activating group) is 1. The van der Waals surface area contributed by atoms with Gasteiger partial charge in [0.15, 0.2) is 0 Å². The lowest BCUT2D eigenvalue weighted by Gasteiger charge is -2.37. The first kappa shape index (κ1) is 15.7. The normalized spacial score (nSPS) is 28.3. The number of nitrogens with zero attached hydrogens (tertiary/aromatic N) is 1. The molecular formula is C16H31NOS. The van der Waals surface area contributed by atoms with Crippen LogP contribution in [0.5, 0.6) is 0 Å². The van der Waals surface area contributed by atoms with Gasteiger partial charge in [-0.15, -0.1) is 0 Å². The molecule has 2 nitrogen and oxygen atoms in total. The molecule has 2 fully saturated rings. The van der Waals surface area contributed by atoms with Gasteiger partial charge in [0.05, 0.1) is 6.10 Å². The molecule has 0 radical (unpaired) electrons. The standard InChI is InChI=1S/C16H31NOS/c1-17(12-15-8-4-7-11-18-15)13-16(14-19)9-5-2-3-6-10-16/h15,19H,2-14H2,1H3. The predicted molar refractivity (Wildman–Crippen MR) is 85.1 cm³/mol. The average molecular weight is 285 g/mol. The maximum Gasteiger partial charge on any atom is 0.0701 e. The summed E-state index contributed by atoms with van der Waals surface area (Å²) < 4.78 is 5.87. The van der Waals surface area contributed by atoms with Gasteiger partial charge in [-0.3, -0.25) is 0 Å². The molecule has 3 heteroatoms. The third-order valence-corrected chi connectivity index (χ3v) is 5.57. The van der Waals surface area contributed by atoms with Crippen molar-refractivity contribution in [1.29, 1.82) is 0 Å². The second-order valence-electron chi connectivity index (χ2n) is 6.76. The topological polar surface area (TPSA) is 12.5 Å². The summed E-state index contributed by atoms with van der Waals surface area (Å²) in [5, 5.41) is 0. The van der Waals surface area contributed by atoms with Crippen LogP contribution in [-0.2, 0) is 4.74 Å². The summed E-state index contributed by atoms with van der Waals surface area (Å²) in [6, 6.07) is 0. The molecule has 0 N–H and O–H groups in total. The summed E-state index contributed by atoms with van der Waals surface area (Å²) in [5.74, 6) is 1.04. The van der Waals surface area contributed by atoms with Gasteiger partial charge in [-0.1, -0.05) is 25.7 Å². The highest BCUT2D eigenvalue weighted by Gasteiger charge is 2.31. The number of hydrogen-bond acceptors (Lipinski definition) is 3. The highest BCUT2D eigenvalue weighted by Crippen LogP contribution is 2.36. The number of thiol groups is 1. The number of ether oxygens (including phenoxy) is 1. The molecule has 1 unspecified atom stereocenters. The molecule has 1 aliphatic carbocycles. The van der Waals surface area contributed by atoms with Crippen LogP contribution in [0.2, 0.25) is 0 Å². The van der Waals surface area contributed by atoms with Gasteiger partial charge in [0.25, 0.3) is 0 Å². The van der Waals surface area contributed by atoms with E-state index < -0.39 is 0 Å². The Labute approximate surface area is 124 Å². The molecule has 1 aliphatic heterocycles. The molecule has 0 aromatic rings. The molecule has 0 aromatic carbocycles. The van der Waals surface area contributed by atoms with Crippen LogP contribution in [0, 0.1) is 5.41 Å². The smallest absolute Gasteiger partial charge is 0.0701 e. The molecule has 1 atom stereocenters. The molecule has 1 saturated carbocycles. The minimum absolute atomic E-state index is 0.461. The van der Waals surface area contributed by atoms with Crippen LogP contribution in [0.1, 0.15) is 57.8 Å². The summed E-state index contributed by atoms with van der Waals surface area (Å²) in [6.45, 7) is 3.28. The molecule has 2 aliphatic rings. The van der Waals surface area contributed by atoms with Crippen LogP contribution >= 0.6 is 12.6 Å². The van der Waals surface area contributed by atoms with E-state index >= 15 is 0 Å². The molecule has 1 heterocycles. The van der Waals surface area contributed by atoms with Crippen LogP contribution in [0.3, 0.4) is 0 Å². The van der Waals surface area contributed by atoms with Crippen molar-refractivity contribution in [3.05, 3.63) is 0 Å². The molecule has 0 aromatic heterocycles. The van der Waals surface area contributed by atoms with Gasteiger partial charge in [-0.25, -0.2) is 0 Å². The van der Waals surface area contributed by atoms with Gasteiger partial charge >= 0.3 is 0 Å². The van der Waals surface area contributed by atoms with Crippen molar-refractivity contribution in [2.75, 3.05) is 32.5 Å². The zero-order chi connectivity index (χ0) is 13.6. The summed E-state index contributed by atoms with van der Waals surface area (Å²) in [4.78, 5) is 2.51. The van der Waals surface area contributed by atoms with Crippen molar-refractivity contribution < 1.29 is 4.74 Å². The van der Waals surface area contributed by atoms with E-state index in [1.165, 1.54) is 64.3 Å². The van der Waals surface area contributed by atoms with Crippen molar-refractivity contribution in [2.24, 2.45) is 5.41 Å². The Bertz CT molecular complexity index is 245. The summed E-state index contributed by atoms with van der Waals surface area (Å²) in [6.07, 6.45) is 12.7. The third kappa shape index (κ3) is 4.95. The predicted octanol–water partition coefficient (Wildman–Crippen LogP) is 3.76. The van der Waals surface area contributed by atoms with Crippen LogP contribution in [-0.4, -0.2) is 43.5 Å². The maximum atomic E-state index is 5.87. The lowest BCUT2D eigenvalue weighted by atomic mass is 9.81. The van der Waals surface area contributed by atoms with E-state index in [1.807, 2.05) is 0 Å². The van der Waals surface area contributed by atoms with Crippen LogP contribution < -0.4 is 0 Å². The number of rotatable bonds is 5. The Morgan fingerprint density at radius 2 is 1.84 bits per heavy atom. The highest BCUT2D eigenvalue weighted by atomic mass is 32.1. The SMILES string of the molecule is CN(CC1CCCCO1)CC1(CS)CCCCCC1. The fraction of sp³-hybridized carbons (Fsp3) is 1.00. The van der Waals surface area contributed by atoms with E-state index in [1.54, 1.807) is 0 Å². The Hall–Kier alpha value is 0.270. The molecule has 19 heavy (non-hydrogen) atoms. The zero-order valence-corrected chi connectivity index (χ0v) is 13.5. The van der Waals surface area contributed by atoms with Crippen LogP contribution in [0.4, 0.5) is 0 Å². The van der Waals surface area contributed by atoms with E-state index in [-0.39, 0.29) is 0 Å². The van der Waals surface area contributed by atoms with Crippen molar-refractivity contribution in [3.63, 3.8) is 0 Å². The monoisotopic (exact) mass is 285 g/mol. The highest BCUT2D eigenvalue weighted by molar-refractivity contribution is 7.80. The van der Waals surface area contributed by atoms with Gasteiger partial charge in [-0.2, -0.15) is 12.6 Å². The quantitative estimate of drug-likeness (QED) is 0.610. The third-order valence-electron chi connectivity index (χ3n) is 4.89. The Morgan fingerprint density at radius 1 is 1.11 bits per heavy atom. The van der Waals surface area contributed by atoms with E-state index in [9.17, 15) is 0 Å². The number of hydrogen-bond donors (Lipinski definition) is 1. The van der Waals surface area contributed by atoms with Crippen molar-refractivity contribution in [2.45, 2.75) is 63.9 Å². The minimum atomic E-state index is 0.461. The second-order valence-corrected chi connectivity index (χ2v) is 7.07. The first-order valence-corrected chi connectivity index (χ1v) is 8.78. The molecule has 112 valence electrons. The van der Waals surface area contributed by atoms with E-state index in [2.05, 4.69) is 24.6 Å². The summed E-state index contributed by atoms with van der Waals surface area (Å²) in [7, 11) is 2.27. The fourth-order valence-electron chi connectivity index (χ4n) is 3.78. The molecule has 1 saturated heterocycles. The van der Waals surface area contributed by atoms with Gasteiger partial charge in [0, 0.05) is 19.7 Å². The first-order chi connectivity index (χ1) is 9.24. The molecule has 2 rings (SSSR count). The van der Waals surface area contributed by atoms with E-state index in [0.717, 1.165) is 18.9 Å². The molecule has 0 spiro atoms. The molecule has 0 bridgehead atoms. The largest absolute Gasteiger partial charge is 0.377 e. The minimum Gasteiger partial charge on any atom is -0.377 e. The zero-order valence-electron chi connectivity index (χ0n) is 12.6. The molecule has 0 amide bonds. The Morgan fingerprint density at radius 3 is 2.42 bits per heavy atom. The van der Waals surface area contributed by atoms with Crippen molar-refractivity contribution >= 4 is 12.6 Å². The summed E-state index contributed by atoms with van der Waals surface area (Å²) >= 11 is 4.68. The lowest BCUT2D eigenvalue weighted by molar-refractivity contribution is -0.00753. The summed E-state index contributed by atoms with van der Waals surface area (Å²) in [5.41, 5.74) is 0.461. The fourth-order valence-corrected chi connectivity index (χ4v) is 4.20. The van der Waals surface area contributed by atoms with Crippen LogP contribution in [0.15, 0.2) is 0 Å². The van der Waals surface area contributed by atoms with Crippen molar-refractivity contribution in [3.8, 4) is 0 Å². The molecular weight excluding hydrogens is 254 g/mol. The maximum absolute atomic E-state index is 5.87. The van der Waals surface area contributed by atoms with Crippen molar-refractivity contribution in [1.82, 2.24) is 4.90 Å². The lowest BCUT2D eigenvalue weighted by Crippen LogP contribution is -2.41. The van der Waals surface area contributed by atoms with Gasteiger partial charge in [-0.05, 0) is 50.3 Å². The first-order valence-electron chi connectivity index (χ1n) is 8.15. The second kappa shape index (κ2) is 7.90. The van der Waals surface area contributed by atoms with Gasteiger partial charge < -0.3 is 9.64 Å². The van der Waals surface area contributed by atoms with E-state index in [4.69, 9.17) is 4.74 Å². The Balaban J connectivity index is 1.82. The van der Waals surface area contributed by atoms with Gasteiger partial charge in [0.1, 0.15) is 0 Å².